The van der Waals surface area contributed by atoms with Gasteiger partial charge in [0.15, 0.2) is 8.32 Å². The number of halogens is 1. The van der Waals surface area contributed by atoms with Crippen LogP contribution in [0.1, 0.15) is 62.5 Å². The van der Waals surface area contributed by atoms with E-state index in [0.29, 0.717) is 33.7 Å². The quantitative estimate of drug-likeness (QED) is 0.184. The van der Waals surface area contributed by atoms with Gasteiger partial charge in [0, 0.05) is 47.1 Å². The Bertz CT molecular complexity index is 1510. The third-order valence-corrected chi connectivity index (χ3v) is 16.5. The van der Waals surface area contributed by atoms with Crippen LogP contribution in [0.5, 0.6) is 5.75 Å². The van der Waals surface area contributed by atoms with E-state index >= 15 is 0 Å². The van der Waals surface area contributed by atoms with Gasteiger partial charge < -0.3 is 19.8 Å². The summed E-state index contributed by atoms with van der Waals surface area (Å²) in [5.74, 6) is 1.91. The summed E-state index contributed by atoms with van der Waals surface area (Å²) < 4.78 is 12.3. The molecule has 1 aliphatic carbocycles. The molecule has 0 bridgehead atoms. The molecule has 2 aliphatic heterocycles. The first-order valence-electron chi connectivity index (χ1n) is 15.1. The van der Waals surface area contributed by atoms with Crippen molar-refractivity contribution >= 4 is 36.7 Å². The average Bonchev–Trinajstić information content (AvgIpc) is 2.95. The van der Waals surface area contributed by atoms with Crippen molar-refractivity contribution in [2.45, 2.75) is 82.6 Å². The van der Waals surface area contributed by atoms with Gasteiger partial charge in [0.05, 0.1) is 23.9 Å². The number of aryl methyl sites for hydroxylation is 1. The standard InChI is InChI=1S/C33H45ClN4O3SSi/c1-21-16-27(26-17-29(34)36-18-28(26)40-5)30(31(35)39)32(37-21)42-15-13-22-19-38(14-12-23(22)20-42)24-8-10-25(11-9-24)41-43(6,7)33(2,3)4/h8,12,14,16-18,25,42H,9-11,13,15,19-20H2,1-7H3,(H2,35,39). The Morgan fingerprint density at radius 3 is 2.63 bits per heavy atom. The first-order chi connectivity index (χ1) is 20.3. The van der Waals surface area contributed by atoms with Crippen molar-refractivity contribution in [1.82, 2.24) is 14.9 Å². The zero-order valence-electron chi connectivity index (χ0n) is 26.5. The third kappa shape index (κ3) is 6.75. The number of carbonyl (C=O) groups excluding carboxylic acids is 1. The van der Waals surface area contributed by atoms with Crippen LogP contribution in [-0.4, -0.2) is 60.4 Å². The Kier molecular flexibility index (Phi) is 9.19. The van der Waals surface area contributed by atoms with Crippen molar-refractivity contribution in [3.8, 4) is 16.9 Å². The molecule has 4 heterocycles. The summed E-state index contributed by atoms with van der Waals surface area (Å²) in [6.45, 7) is 14.5. The molecule has 0 aromatic carbocycles. The van der Waals surface area contributed by atoms with Crippen LogP contribution in [0.4, 0.5) is 0 Å². The lowest BCUT2D eigenvalue weighted by molar-refractivity contribution is 0.0997. The number of methoxy groups -OCH3 is 1. The molecule has 232 valence electrons. The van der Waals surface area contributed by atoms with Gasteiger partial charge in [-0.2, -0.15) is 0 Å². The van der Waals surface area contributed by atoms with Gasteiger partial charge in [-0.1, -0.05) is 38.4 Å². The van der Waals surface area contributed by atoms with Crippen LogP contribution in [0, 0.1) is 6.92 Å². The van der Waals surface area contributed by atoms with Gasteiger partial charge in [-0.25, -0.2) is 20.9 Å². The Balaban J connectivity index is 1.34. The summed E-state index contributed by atoms with van der Waals surface area (Å²) in [4.78, 5) is 24.4. The van der Waals surface area contributed by atoms with Crippen molar-refractivity contribution in [2.24, 2.45) is 5.73 Å². The molecule has 43 heavy (non-hydrogen) atoms. The molecule has 5 rings (SSSR count). The van der Waals surface area contributed by atoms with Crippen LogP contribution < -0.4 is 10.5 Å². The summed E-state index contributed by atoms with van der Waals surface area (Å²) in [7, 11) is -0.911. The van der Waals surface area contributed by atoms with Gasteiger partial charge in [-0.3, -0.25) is 4.79 Å². The number of nitrogens with two attached hydrogens (primary N) is 1. The number of ether oxygens (including phenoxy) is 1. The monoisotopic (exact) mass is 640 g/mol. The fourth-order valence-corrected chi connectivity index (χ4v) is 10.1. The first-order valence-corrected chi connectivity index (χ1v) is 20.1. The van der Waals surface area contributed by atoms with Crippen LogP contribution in [-0.2, 0) is 4.43 Å². The molecule has 1 amide bonds. The highest BCUT2D eigenvalue weighted by Gasteiger charge is 2.39. The van der Waals surface area contributed by atoms with Crippen LogP contribution in [0.15, 0.2) is 58.6 Å². The van der Waals surface area contributed by atoms with Crippen molar-refractivity contribution in [3.63, 3.8) is 0 Å². The van der Waals surface area contributed by atoms with E-state index in [9.17, 15) is 4.79 Å². The number of primary amides is 1. The summed E-state index contributed by atoms with van der Waals surface area (Å²) in [5, 5.41) is 1.37. The smallest absolute Gasteiger partial charge is 0.252 e. The molecule has 0 spiro atoms. The van der Waals surface area contributed by atoms with E-state index in [1.807, 2.05) is 13.0 Å². The molecule has 2 unspecified atom stereocenters. The highest BCUT2D eigenvalue weighted by Crippen LogP contribution is 2.48. The molecular weight excluding hydrogens is 596 g/mol. The molecule has 3 aliphatic rings. The number of aromatic nitrogens is 2. The second-order valence-electron chi connectivity index (χ2n) is 13.3. The first kappa shape index (κ1) is 31.8. The molecule has 2 atom stereocenters. The number of hydrogen-bond acceptors (Lipinski definition) is 6. The van der Waals surface area contributed by atoms with E-state index in [-0.39, 0.29) is 5.04 Å². The average molecular weight is 641 g/mol. The van der Waals surface area contributed by atoms with Crippen molar-refractivity contribution in [2.75, 3.05) is 25.2 Å². The molecule has 0 saturated heterocycles. The third-order valence-electron chi connectivity index (χ3n) is 9.31. The molecule has 2 aromatic rings. The van der Waals surface area contributed by atoms with E-state index in [2.05, 4.69) is 62.1 Å². The lowest BCUT2D eigenvalue weighted by atomic mass is 9.98. The van der Waals surface area contributed by atoms with Gasteiger partial charge in [0.2, 0.25) is 0 Å². The maximum absolute atomic E-state index is 13.0. The Morgan fingerprint density at radius 2 is 1.98 bits per heavy atom. The predicted octanol–water partition coefficient (Wildman–Crippen LogP) is 7.56. The number of thiol groups is 1. The van der Waals surface area contributed by atoms with E-state index in [0.717, 1.165) is 54.5 Å². The number of rotatable bonds is 7. The molecule has 10 heteroatoms. The lowest BCUT2D eigenvalue weighted by Gasteiger charge is -2.41. The van der Waals surface area contributed by atoms with Gasteiger partial charge in [-0.15, -0.1) is 0 Å². The van der Waals surface area contributed by atoms with Crippen molar-refractivity contribution in [3.05, 3.63) is 69.9 Å². The molecule has 0 fully saturated rings. The van der Waals surface area contributed by atoms with Gasteiger partial charge >= 0.3 is 0 Å². The molecular formula is C33H45ClN4O3SSi. The Morgan fingerprint density at radius 1 is 1.21 bits per heavy atom. The maximum Gasteiger partial charge on any atom is 0.252 e. The van der Waals surface area contributed by atoms with E-state index in [4.69, 9.17) is 31.5 Å². The van der Waals surface area contributed by atoms with Crippen molar-refractivity contribution < 1.29 is 14.0 Å². The van der Waals surface area contributed by atoms with Crippen LogP contribution in [0.3, 0.4) is 0 Å². The Labute approximate surface area is 265 Å². The topological polar surface area (TPSA) is 90.6 Å². The Hall–Kier alpha value is -2.59. The zero-order chi connectivity index (χ0) is 31.1. The van der Waals surface area contributed by atoms with Crippen LogP contribution in [0.25, 0.3) is 11.1 Å². The van der Waals surface area contributed by atoms with E-state index < -0.39 is 25.1 Å². The lowest BCUT2D eigenvalue weighted by Crippen LogP contribution is -2.44. The maximum atomic E-state index is 13.0. The highest BCUT2D eigenvalue weighted by atomic mass is 35.5. The fraction of sp³-hybridized carbons (Fsp3) is 0.485. The zero-order valence-corrected chi connectivity index (χ0v) is 29.1. The predicted molar refractivity (Wildman–Crippen MR) is 181 cm³/mol. The number of amides is 1. The molecule has 2 aromatic heterocycles. The number of carbonyl (C=O) groups is 1. The summed E-state index contributed by atoms with van der Waals surface area (Å²) in [6.07, 6.45) is 12.9. The fourth-order valence-electron chi connectivity index (χ4n) is 5.88. The van der Waals surface area contributed by atoms with Gasteiger partial charge in [0.25, 0.3) is 5.91 Å². The minimum Gasteiger partial charge on any atom is -0.494 e. The van der Waals surface area contributed by atoms with Gasteiger partial charge in [0.1, 0.15) is 10.9 Å². The summed E-state index contributed by atoms with van der Waals surface area (Å²) in [5.41, 5.74) is 13.0. The minimum atomic E-state index is -1.77. The number of hydrogen-bond donors (Lipinski definition) is 2. The number of allylic oxidation sites excluding steroid dienone is 2. The minimum absolute atomic E-state index is 0.225. The second kappa shape index (κ2) is 12.4. The SMILES string of the molecule is COc1cnc(Cl)cc1-c1cc(C)nc([SH]2CCC3=C(C=CN(C4=CCC(O[Si](C)(C)C(C)(C)C)CC4)C3)C2)c1C(N)=O. The van der Waals surface area contributed by atoms with E-state index in [1.54, 1.807) is 19.4 Å². The van der Waals surface area contributed by atoms with Crippen molar-refractivity contribution in [1.29, 1.82) is 0 Å². The summed E-state index contributed by atoms with van der Waals surface area (Å²) >= 11 is 6.26. The molecule has 2 N–H and O–H groups in total. The second-order valence-corrected chi connectivity index (χ2v) is 20.7. The molecule has 0 saturated carbocycles. The molecule has 0 radical (unpaired) electrons. The normalized spacial score (nSPS) is 21.9. The number of nitrogens with zero attached hydrogens (tertiary/aromatic N) is 3. The largest absolute Gasteiger partial charge is 0.494 e. The summed E-state index contributed by atoms with van der Waals surface area (Å²) in [6, 6.07) is 3.61. The van der Waals surface area contributed by atoms with Gasteiger partial charge in [-0.05, 0) is 85.8 Å². The highest BCUT2D eigenvalue weighted by molar-refractivity contribution is 8.17. The molecule has 7 nitrogen and oxygen atoms in total. The van der Waals surface area contributed by atoms with Crippen LogP contribution >= 0.6 is 22.5 Å². The van der Waals surface area contributed by atoms with E-state index in [1.165, 1.54) is 16.8 Å². The van der Waals surface area contributed by atoms with Crippen LogP contribution in [0.2, 0.25) is 23.3 Å². The number of pyridine rings is 2.